The quantitative estimate of drug-likeness (QED) is 0.915. The van der Waals surface area contributed by atoms with Crippen LogP contribution in [0.5, 0.6) is 0 Å². The normalized spacial score (nSPS) is 16.2. The van der Waals surface area contributed by atoms with E-state index in [1.54, 1.807) is 6.20 Å². The van der Waals surface area contributed by atoms with E-state index in [0.717, 1.165) is 39.0 Å². The summed E-state index contributed by atoms with van der Waals surface area (Å²) in [4.78, 5) is 24.1. The van der Waals surface area contributed by atoms with Gasteiger partial charge in [-0.2, -0.15) is 0 Å². The largest absolute Gasteiger partial charge is 0.357 e. The Labute approximate surface area is 137 Å². The number of aromatic nitrogens is 3. The molecule has 0 aliphatic carbocycles. The van der Waals surface area contributed by atoms with Gasteiger partial charge in [0.2, 0.25) is 0 Å². The van der Waals surface area contributed by atoms with Crippen LogP contribution >= 0.6 is 0 Å². The van der Waals surface area contributed by atoms with Gasteiger partial charge < -0.3 is 19.4 Å². The third-order valence-electron chi connectivity index (χ3n) is 4.51. The lowest BCUT2D eigenvalue weighted by atomic mass is 9.95. The van der Waals surface area contributed by atoms with Gasteiger partial charge in [-0.15, -0.1) is 0 Å². The van der Waals surface area contributed by atoms with Crippen LogP contribution in [0.4, 0.5) is 0 Å². The third-order valence-corrected chi connectivity index (χ3v) is 4.51. The molecule has 1 N–H and O–H groups in total. The number of aromatic amines is 1. The van der Waals surface area contributed by atoms with E-state index in [1.165, 1.54) is 5.82 Å². The van der Waals surface area contributed by atoms with Gasteiger partial charge in [0.25, 0.3) is 5.91 Å². The smallest absolute Gasteiger partial charge is 0.270 e. The Balaban J connectivity index is 1.59. The Morgan fingerprint density at radius 2 is 2.17 bits per heavy atom. The SMILES string of the molecule is CN(C)CCn1ccnc1C1CCN(C(=O)c2ccc[nH]2)CC1. The Morgan fingerprint density at radius 1 is 1.39 bits per heavy atom. The lowest BCUT2D eigenvalue weighted by Crippen LogP contribution is -2.38. The minimum atomic E-state index is 0.101. The van der Waals surface area contributed by atoms with Crippen LogP contribution in [0, 0.1) is 0 Å². The summed E-state index contributed by atoms with van der Waals surface area (Å²) in [5.74, 6) is 1.71. The summed E-state index contributed by atoms with van der Waals surface area (Å²) in [7, 11) is 4.17. The molecule has 1 aliphatic heterocycles. The van der Waals surface area contributed by atoms with Gasteiger partial charge in [-0.25, -0.2) is 4.98 Å². The Bertz CT molecular complexity index is 623. The summed E-state index contributed by atoms with van der Waals surface area (Å²) < 4.78 is 2.26. The topological polar surface area (TPSA) is 57.2 Å². The summed E-state index contributed by atoms with van der Waals surface area (Å²) in [5.41, 5.74) is 0.677. The molecule has 2 aromatic rings. The molecule has 1 amide bonds. The number of rotatable bonds is 5. The minimum Gasteiger partial charge on any atom is -0.357 e. The van der Waals surface area contributed by atoms with Crippen molar-refractivity contribution in [1.29, 1.82) is 0 Å². The molecule has 1 aliphatic rings. The van der Waals surface area contributed by atoms with Crippen molar-refractivity contribution < 1.29 is 4.79 Å². The number of hydrogen-bond donors (Lipinski definition) is 1. The zero-order valence-corrected chi connectivity index (χ0v) is 13.9. The fourth-order valence-electron chi connectivity index (χ4n) is 3.15. The molecule has 0 radical (unpaired) electrons. The van der Waals surface area contributed by atoms with Crippen LogP contribution in [0.25, 0.3) is 0 Å². The summed E-state index contributed by atoms with van der Waals surface area (Å²) in [6, 6.07) is 3.70. The Hall–Kier alpha value is -2.08. The molecule has 3 heterocycles. The Kier molecular flexibility index (Phi) is 4.81. The maximum atomic E-state index is 12.4. The van der Waals surface area contributed by atoms with Crippen LogP contribution in [-0.4, -0.2) is 64.0 Å². The second-order valence-electron chi connectivity index (χ2n) is 6.43. The van der Waals surface area contributed by atoms with Gasteiger partial charge in [0.05, 0.1) is 0 Å². The number of H-pyrrole nitrogens is 1. The molecule has 0 unspecified atom stereocenters. The molecule has 0 aromatic carbocycles. The van der Waals surface area contributed by atoms with Gasteiger partial charge in [-0.3, -0.25) is 4.79 Å². The minimum absolute atomic E-state index is 0.101. The Morgan fingerprint density at radius 3 is 2.83 bits per heavy atom. The van der Waals surface area contributed by atoms with Crippen molar-refractivity contribution in [3.05, 3.63) is 42.2 Å². The molecule has 23 heavy (non-hydrogen) atoms. The number of imidazole rings is 1. The van der Waals surface area contributed by atoms with E-state index in [-0.39, 0.29) is 5.91 Å². The van der Waals surface area contributed by atoms with E-state index < -0.39 is 0 Å². The number of nitrogens with zero attached hydrogens (tertiary/aromatic N) is 4. The van der Waals surface area contributed by atoms with Gasteiger partial charge >= 0.3 is 0 Å². The highest BCUT2D eigenvalue weighted by Gasteiger charge is 2.27. The monoisotopic (exact) mass is 315 g/mol. The average Bonchev–Trinajstić information content (AvgIpc) is 3.24. The second kappa shape index (κ2) is 7.00. The van der Waals surface area contributed by atoms with Gasteiger partial charge in [0.15, 0.2) is 0 Å². The summed E-state index contributed by atoms with van der Waals surface area (Å²) in [6.07, 6.45) is 7.70. The molecule has 0 saturated carbocycles. The van der Waals surface area contributed by atoms with Crippen molar-refractivity contribution >= 4 is 5.91 Å². The molecule has 124 valence electrons. The fraction of sp³-hybridized carbons (Fsp3) is 0.529. The number of carbonyl (C=O) groups is 1. The van der Waals surface area contributed by atoms with E-state index in [2.05, 4.69) is 39.7 Å². The molecule has 3 rings (SSSR count). The van der Waals surface area contributed by atoms with Gasteiger partial charge in [0.1, 0.15) is 11.5 Å². The molecule has 6 heteroatoms. The van der Waals surface area contributed by atoms with Gasteiger partial charge in [-0.05, 0) is 39.1 Å². The first-order valence-electron chi connectivity index (χ1n) is 8.23. The van der Waals surface area contributed by atoms with Crippen LogP contribution in [0.15, 0.2) is 30.7 Å². The lowest BCUT2D eigenvalue weighted by molar-refractivity contribution is 0.0705. The lowest BCUT2D eigenvalue weighted by Gasteiger charge is -2.31. The average molecular weight is 315 g/mol. The van der Waals surface area contributed by atoms with Gasteiger partial charge in [-0.1, -0.05) is 0 Å². The number of likely N-dealkylation sites (tertiary alicyclic amines) is 1. The van der Waals surface area contributed by atoms with E-state index in [1.807, 2.05) is 23.2 Å². The number of piperidine rings is 1. The summed E-state index contributed by atoms with van der Waals surface area (Å²) in [6.45, 7) is 3.56. The summed E-state index contributed by atoms with van der Waals surface area (Å²) >= 11 is 0. The number of hydrogen-bond acceptors (Lipinski definition) is 3. The zero-order chi connectivity index (χ0) is 16.2. The maximum Gasteiger partial charge on any atom is 0.270 e. The number of amides is 1. The van der Waals surface area contributed by atoms with Crippen molar-refractivity contribution in [3.63, 3.8) is 0 Å². The third kappa shape index (κ3) is 3.64. The molecule has 1 fully saturated rings. The van der Waals surface area contributed by atoms with Crippen LogP contribution in [0.1, 0.15) is 35.1 Å². The van der Waals surface area contributed by atoms with Crippen LogP contribution in [-0.2, 0) is 6.54 Å². The first kappa shape index (κ1) is 15.8. The molecule has 2 aromatic heterocycles. The highest BCUT2D eigenvalue weighted by Crippen LogP contribution is 2.27. The molecular formula is C17H25N5O. The predicted molar refractivity (Wildman–Crippen MR) is 89.5 cm³/mol. The molecule has 1 saturated heterocycles. The molecule has 6 nitrogen and oxygen atoms in total. The van der Waals surface area contributed by atoms with Gasteiger partial charge in [0, 0.05) is 50.7 Å². The molecular weight excluding hydrogens is 290 g/mol. The second-order valence-corrected chi connectivity index (χ2v) is 6.43. The van der Waals surface area contributed by atoms with E-state index in [4.69, 9.17) is 0 Å². The van der Waals surface area contributed by atoms with Crippen molar-refractivity contribution in [3.8, 4) is 0 Å². The maximum absolute atomic E-state index is 12.4. The van der Waals surface area contributed by atoms with Crippen molar-refractivity contribution in [2.75, 3.05) is 33.7 Å². The van der Waals surface area contributed by atoms with Crippen LogP contribution in [0.2, 0.25) is 0 Å². The standard InChI is InChI=1S/C17H25N5O/c1-20(2)12-13-21-11-8-19-16(21)14-5-9-22(10-6-14)17(23)15-4-3-7-18-15/h3-4,7-8,11,14,18H,5-6,9-10,12-13H2,1-2H3. The number of nitrogens with one attached hydrogen (secondary N) is 1. The summed E-state index contributed by atoms with van der Waals surface area (Å²) in [5, 5.41) is 0. The van der Waals surface area contributed by atoms with Crippen LogP contribution < -0.4 is 0 Å². The number of carbonyl (C=O) groups excluding carboxylic acids is 1. The van der Waals surface area contributed by atoms with Crippen molar-refractivity contribution in [1.82, 2.24) is 24.3 Å². The van der Waals surface area contributed by atoms with E-state index >= 15 is 0 Å². The van der Waals surface area contributed by atoms with E-state index in [9.17, 15) is 4.79 Å². The van der Waals surface area contributed by atoms with Crippen molar-refractivity contribution in [2.45, 2.75) is 25.3 Å². The highest BCUT2D eigenvalue weighted by atomic mass is 16.2. The first-order valence-corrected chi connectivity index (χ1v) is 8.23. The number of likely N-dealkylation sites (N-methyl/N-ethyl adjacent to an activating group) is 1. The molecule has 0 atom stereocenters. The first-order chi connectivity index (χ1) is 11.1. The molecule has 0 bridgehead atoms. The van der Waals surface area contributed by atoms with Crippen molar-refractivity contribution in [2.24, 2.45) is 0 Å². The van der Waals surface area contributed by atoms with E-state index in [0.29, 0.717) is 11.6 Å². The fourth-order valence-corrected chi connectivity index (χ4v) is 3.15. The highest BCUT2D eigenvalue weighted by molar-refractivity contribution is 5.92. The van der Waals surface area contributed by atoms with Crippen LogP contribution in [0.3, 0.4) is 0 Å². The zero-order valence-electron chi connectivity index (χ0n) is 13.9. The predicted octanol–water partition coefficient (Wildman–Crippen LogP) is 1.79. The molecule has 0 spiro atoms.